The van der Waals surface area contributed by atoms with Gasteiger partial charge in [-0.05, 0) is 31.5 Å². The van der Waals surface area contributed by atoms with Crippen LogP contribution in [0.2, 0.25) is 0 Å². The Bertz CT molecular complexity index is 464. The van der Waals surface area contributed by atoms with Crippen LogP contribution in [0.1, 0.15) is 51.1 Å². The van der Waals surface area contributed by atoms with Gasteiger partial charge in [-0.3, -0.25) is 9.69 Å². The molecule has 1 aliphatic carbocycles. The fourth-order valence-electron chi connectivity index (χ4n) is 3.40. The summed E-state index contributed by atoms with van der Waals surface area (Å²) in [6.45, 7) is 6.84. The van der Waals surface area contributed by atoms with Crippen molar-refractivity contribution in [1.29, 1.82) is 0 Å². The summed E-state index contributed by atoms with van der Waals surface area (Å²) in [4.78, 5) is 14.8. The molecule has 1 fully saturated rings. The number of carbonyl (C=O) groups excluding carboxylic acids is 1. The summed E-state index contributed by atoms with van der Waals surface area (Å²) in [6.07, 6.45) is 3.73. The summed E-state index contributed by atoms with van der Waals surface area (Å²) < 4.78 is 0. The van der Waals surface area contributed by atoms with Crippen LogP contribution >= 0.6 is 0 Å². The van der Waals surface area contributed by atoms with Gasteiger partial charge in [-0.25, -0.2) is 0 Å². The Balaban J connectivity index is 2.05. The molecule has 122 valence electrons. The van der Waals surface area contributed by atoms with Crippen molar-refractivity contribution in [2.45, 2.75) is 51.1 Å². The van der Waals surface area contributed by atoms with Gasteiger partial charge in [0.2, 0.25) is 5.91 Å². The predicted octanol–water partition coefficient (Wildman–Crippen LogP) is 2.46. The Morgan fingerprint density at radius 3 is 2.36 bits per heavy atom. The molecule has 4 heteroatoms. The minimum atomic E-state index is -0.648. The second-order valence-electron chi connectivity index (χ2n) is 6.22. The highest BCUT2D eigenvalue weighted by molar-refractivity contribution is 5.86. The van der Waals surface area contributed by atoms with Crippen molar-refractivity contribution in [3.05, 3.63) is 35.9 Å². The summed E-state index contributed by atoms with van der Waals surface area (Å²) >= 11 is 0. The molecule has 0 heterocycles. The molecular weight excluding hydrogens is 274 g/mol. The molecule has 2 rings (SSSR count). The van der Waals surface area contributed by atoms with E-state index in [9.17, 15) is 4.79 Å². The van der Waals surface area contributed by atoms with Crippen LogP contribution in [0.25, 0.3) is 0 Å². The number of nitrogens with zero attached hydrogens (tertiary/aromatic N) is 1. The van der Waals surface area contributed by atoms with E-state index in [1.807, 2.05) is 6.07 Å². The van der Waals surface area contributed by atoms with E-state index < -0.39 is 5.54 Å². The molecule has 0 bridgehead atoms. The molecule has 0 aliphatic heterocycles. The Labute approximate surface area is 134 Å². The highest BCUT2D eigenvalue weighted by Gasteiger charge is 2.37. The predicted molar refractivity (Wildman–Crippen MR) is 90.5 cm³/mol. The van der Waals surface area contributed by atoms with Crippen LogP contribution < -0.4 is 11.1 Å². The van der Waals surface area contributed by atoms with Crippen LogP contribution in [0, 0.1) is 0 Å². The first kappa shape index (κ1) is 17.0. The minimum absolute atomic E-state index is 0.0121. The van der Waals surface area contributed by atoms with Crippen LogP contribution in [0.3, 0.4) is 0 Å². The lowest BCUT2D eigenvalue weighted by atomic mass is 9.97. The first-order chi connectivity index (χ1) is 10.6. The van der Waals surface area contributed by atoms with Gasteiger partial charge in [-0.1, -0.05) is 57.0 Å². The average Bonchev–Trinajstić information content (AvgIpc) is 3.00. The largest absolute Gasteiger partial charge is 0.353 e. The smallest absolute Gasteiger partial charge is 0.240 e. The second-order valence-corrected chi connectivity index (χ2v) is 6.22. The number of nitrogens with one attached hydrogen (secondary N) is 1. The number of carbonyl (C=O) groups is 1. The van der Waals surface area contributed by atoms with Crippen LogP contribution in [-0.4, -0.2) is 36.0 Å². The second kappa shape index (κ2) is 7.75. The molecule has 0 spiro atoms. The zero-order valence-electron chi connectivity index (χ0n) is 13.8. The standard InChI is InChI=1S/C18H29N3O/c1-3-21(4-2)16(15-10-6-5-7-11-15)14-20-17(22)18(19)12-8-9-13-18/h5-7,10-11,16H,3-4,8-9,12-14,19H2,1-2H3,(H,20,22). The van der Waals surface area contributed by atoms with Gasteiger partial charge in [-0.15, -0.1) is 0 Å². The van der Waals surface area contributed by atoms with Gasteiger partial charge in [0.1, 0.15) is 0 Å². The zero-order valence-corrected chi connectivity index (χ0v) is 13.8. The Morgan fingerprint density at radius 1 is 1.23 bits per heavy atom. The molecule has 1 unspecified atom stereocenters. The van der Waals surface area contributed by atoms with Gasteiger partial charge in [0.05, 0.1) is 11.6 Å². The minimum Gasteiger partial charge on any atom is -0.353 e. The summed E-state index contributed by atoms with van der Waals surface area (Å²) in [7, 11) is 0. The number of rotatable bonds is 7. The maximum absolute atomic E-state index is 12.4. The normalized spacial score (nSPS) is 18.4. The van der Waals surface area contributed by atoms with E-state index in [2.05, 4.69) is 48.3 Å². The van der Waals surface area contributed by atoms with E-state index in [1.54, 1.807) is 0 Å². The maximum Gasteiger partial charge on any atom is 0.240 e. The Morgan fingerprint density at radius 2 is 1.82 bits per heavy atom. The third-order valence-electron chi connectivity index (χ3n) is 4.84. The summed E-state index contributed by atoms with van der Waals surface area (Å²) in [6, 6.07) is 10.6. The number of amides is 1. The molecule has 1 amide bonds. The molecule has 0 aromatic heterocycles. The van der Waals surface area contributed by atoms with Gasteiger partial charge >= 0.3 is 0 Å². The fourth-order valence-corrected chi connectivity index (χ4v) is 3.40. The lowest BCUT2D eigenvalue weighted by molar-refractivity contribution is -0.126. The lowest BCUT2D eigenvalue weighted by Gasteiger charge is -2.31. The fraction of sp³-hybridized carbons (Fsp3) is 0.611. The zero-order chi connectivity index (χ0) is 16.0. The van der Waals surface area contributed by atoms with E-state index in [-0.39, 0.29) is 11.9 Å². The van der Waals surface area contributed by atoms with Crippen molar-refractivity contribution < 1.29 is 4.79 Å². The number of benzene rings is 1. The molecule has 3 N–H and O–H groups in total. The lowest BCUT2D eigenvalue weighted by Crippen LogP contribution is -2.53. The van der Waals surface area contributed by atoms with Crippen LogP contribution in [0.15, 0.2) is 30.3 Å². The summed E-state index contributed by atoms with van der Waals surface area (Å²) in [5.41, 5.74) is 6.83. The quantitative estimate of drug-likeness (QED) is 0.813. The third kappa shape index (κ3) is 3.87. The summed E-state index contributed by atoms with van der Waals surface area (Å²) in [5.74, 6) is 0.0121. The molecule has 1 aromatic carbocycles. The van der Waals surface area contributed by atoms with E-state index in [4.69, 9.17) is 5.73 Å². The monoisotopic (exact) mass is 303 g/mol. The average molecular weight is 303 g/mol. The molecule has 0 radical (unpaired) electrons. The number of hydrogen-bond acceptors (Lipinski definition) is 3. The molecule has 1 atom stereocenters. The van der Waals surface area contributed by atoms with Crippen molar-refractivity contribution in [2.75, 3.05) is 19.6 Å². The van der Waals surface area contributed by atoms with Crippen molar-refractivity contribution >= 4 is 5.91 Å². The van der Waals surface area contributed by atoms with Crippen molar-refractivity contribution in [3.8, 4) is 0 Å². The van der Waals surface area contributed by atoms with Gasteiger partial charge in [0.15, 0.2) is 0 Å². The third-order valence-corrected chi connectivity index (χ3v) is 4.84. The maximum atomic E-state index is 12.4. The van der Waals surface area contributed by atoms with Crippen molar-refractivity contribution in [1.82, 2.24) is 10.2 Å². The van der Waals surface area contributed by atoms with Crippen molar-refractivity contribution in [2.24, 2.45) is 5.73 Å². The molecule has 1 saturated carbocycles. The molecule has 0 saturated heterocycles. The molecule has 1 aromatic rings. The van der Waals surface area contributed by atoms with Crippen molar-refractivity contribution in [3.63, 3.8) is 0 Å². The van der Waals surface area contributed by atoms with E-state index in [0.29, 0.717) is 6.54 Å². The highest BCUT2D eigenvalue weighted by Crippen LogP contribution is 2.27. The molecular formula is C18H29N3O. The Hall–Kier alpha value is -1.39. The number of hydrogen-bond donors (Lipinski definition) is 2. The summed E-state index contributed by atoms with van der Waals surface area (Å²) in [5, 5.41) is 3.11. The van der Waals surface area contributed by atoms with Gasteiger partial charge in [-0.2, -0.15) is 0 Å². The van der Waals surface area contributed by atoms with E-state index in [1.165, 1.54) is 5.56 Å². The van der Waals surface area contributed by atoms with Crippen LogP contribution in [0.4, 0.5) is 0 Å². The first-order valence-electron chi connectivity index (χ1n) is 8.47. The van der Waals surface area contributed by atoms with Gasteiger partial charge < -0.3 is 11.1 Å². The van der Waals surface area contributed by atoms with Gasteiger partial charge in [0, 0.05) is 6.54 Å². The highest BCUT2D eigenvalue weighted by atomic mass is 16.2. The van der Waals surface area contributed by atoms with E-state index >= 15 is 0 Å². The molecule has 4 nitrogen and oxygen atoms in total. The first-order valence-corrected chi connectivity index (χ1v) is 8.47. The van der Waals surface area contributed by atoms with Gasteiger partial charge in [0.25, 0.3) is 0 Å². The number of nitrogens with two attached hydrogens (primary N) is 1. The molecule has 22 heavy (non-hydrogen) atoms. The SMILES string of the molecule is CCN(CC)C(CNC(=O)C1(N)CCCC1)c1ccccc1. The van der Waals surface area contributed by atoms with Crippen LogP contribution in [-0.2, 0) is 4.79 Å². The molecule has 1 aliphatic rings. The Kier molecular flexibility index (Phi) is 5.98. The number of likely N-dealkylation sites (N-methyl/N-ethyl adjacent to an activating group) is 1. The van der Waals surface area contributed by atoms with Crippen LogP contribution in [0.5, 0.6) is 0 Å². The topological polar surface area (TPSA) is 58.4 Å². The van der Waals surface area contributed by atoms with E-state index in [0.717, 1.165) is 38.8 Å².